The van der Waals surface area contributed by atoms with Crippen LogP contribution in [-0.2, 0) is 0 Å². The van der Waals surface area contributed by atoms with E-state index in [0.717, 1.165) is 12.1 Å². The lowest BCUT2D eigenvalue weighted by molar-refractivity contribution is 0.249. The third-order valence-electron chi connectivity index (χ3n) is 3.22. The van der Waals surface area contributed by atoms with Gasteiger partial charge in [0.15, 0.2) is 0 Å². The second-order valence-electron chi connectivity index (χ2n) is 4.54. The summed E-state index contributed by atoms with van der Waals surface area (Å²) in [4.78, 5) is 11.9. The number of benzene rings is 1. The molecule has 98 valence electrons. The minimum atomic E-state index is -0.147. The van der Waals surface area contributed by atoms with Gasteiger partial charge >= 0.3 is 6.03 Å². The van der Waals surface area contributed by atoms with Crippen LogP contribution in [0, 0.1) is 0 Å². The Hall–Kier alpha value is -1.36. The number of amides is 2. The molecule has 4 N–H and O–H groups in total. The number of rotatable bonds is 3. The Kier molecular flexibility index (Phi) is 4.36. The zero-order chi connectivity index (χ0) is 13.0. The Morgan fingerprint density at radius 1 is 1.44 bits per heavy atom. The summed E-state index contributed by atoms with van der Waals surface area (Å²) in [7, 11) is 0. The van der Waals surface area contributed by atoms with Crippen LogP contribution < -0.4 is 16.4 Å². The molecular weight excluding hydrogens is 246 g/mol. The summed E-state index contributed by atoms with van der Waals surface area (Å²) >= 11 is 1.83. The van der Waals surface area contributed by atoms with Crippen LogP contribution in [0.1, 0.15) is 19.3 Å². The van der Waals surface area contributed by atoms with E-state index in [1.54, 1.807) is 12.1 Å². The Morgan fingerprint density at radius 3 is 3.00 bits per heavy atom. The van der Waals surface area contributed by atoms with Gasteiger partial charge in [0.1, 0.15) is 0 Å². The first-order valence-electron chi connectivity index (χ1n) is 6.15. The summed E-state index contributed by atoms with van der Waals surface area (Å²) in [6, 6.07) is 7.33. The molecule has 1 aromatic rings. The summed E-state index contributed by atoms with van der Waals surface area (Å²) in [5.74, 6) is 0. The second kappa shape index (κ2) is 6.00. The lowest BCUT2D eigenvalue weighted by Crippen LogP contribution is -2.41. The molecule has 1 aromatic carbocycles. The van der Waals surface area contributed by atoms with Crippen LogP contribution in [0.2, 0.25) is 0 Å². The molecule has 18 heavy (non-hydrogen) atoms. The second-order valence-corrected chi connectivity index (χ2v) is 5.61. The van der Waals surface area contributed by atoms with E-state index >= 15 is 0 Å². The highest BCUT2D eigenvalue weighted by Gasteiger charge is 2.27. The van der Waals surface area contributed by atoms with Gasteiger partial charge in [0, 0.05) is 22.7 Å². The highest BCUT2D eigenvalue weighted by molar-refractivity contribution is 7.99. The first-order valence-corrected chi connectivity index (χ1v) is 7.43. The van der Waals surface area contributed by atoms with Crippen molar-refractivity contribution >= 4 is 29.2 Å². The molecule has 0 radical (unpaired) electrons. The molecule has 1 fully saturated rings. The van der Waals surface area contributed by atoms with E-state index < -0.39 is 0 Å². The third kappa shape index (κ3) is 3.32. The van der Waals surface area contributed by atoms with Gasteiger partial charge in [-0.1, -0.05) is 12.5 Å². The molecule has 2 amide bonds. The fraction of sp³-hybridized carbons (Fsp3) is 0.462. The molecule has 2 rings (SSSR count). The number of nitrogens with one attached hydrogen (secondary N) is 2. The van der Waals surface area contributed by atoms with E-state index in [4.69, 9.17) is 5.73 Å². The molecule has 0 bridgehead atoms. The van der Waals surface area contributed by atoms with Gasteiger partial charge in [-0.2, -0.15) is 11.8 Å². The molecule has 1 aliphatic rings. The molecule has 0 spiro atoms. The van der Waals surface area contributed by atoms with Crippen molar-refractivity contribution < 1.29 is 4.79 Å². The molecular formula is C13H19N3OS. The van der Waals surface area contributed by atoms with E-state index in [9.17, 15) is 4.79 Å². The largest absolute Gasteiger partial charge is 0.399 e. The molecule has 0 aromatic heterocycles. The number of anilines is 2. The molecule has 5 heteroatoms. The molecule has 4 nitrogen and oxygen atoms in total. The number of carbonyl (C=O) groups excluding carboxylic acids is 1. The van der Waals surface area contributed by atoms with Crippen LogP contribution >= 0.6 is 11.8 Å². The van der Waals surface area contributed by atoms with Crippen LogP contribution in [0.25, 0.3) is 0 Å². The van der Waals surface area contributed by atoms with Crippen molar-refractivity contribution in [2.75, 3.05) is 17.3 Å². The first-order chi connectivity index (χ1) is 8.69. The summed E-state index contributed by atoms with van der Waals surface area (Å²) in [6.45, 7) is 0. The standard InChI is InChI=1S/C13H19N3OS/c1-18-12-7-3-6-11(12)16-13(17)15-10-5-2-4-9(14)8-10/h2,4-5,8,11-12H,3,6-7,14H2,1H3,(H2,15,16,17). The Balaban J connectivity index is 1.89. The molecule has 0 saturated heterocycles. The van der Waals surface area contributed by atoms with E-state index in [0.29, 0.717) is 10.9 Å². The van der Waals surface area contributed by atoms with Crippen LogP contribution in [0.4, 0.5) is 16.2 Å². The maximum Gasteiger partial charge on any atom is 0.319 e. The number of nitrogens with two attached hydrogens (primary N) is 1. The minimum Gasteiger partial charge on any atom is -0.399 e. The zero-order valence-electron chi connectivity index (χ0n) is 10.5. The van der Waals surface area contributed by atoms with Gasteiger partial charge in [0.25, 0.3) is 0 Å². The van der Waals surface area contributed by atoms with Gasteiger partial charge in [-0.3, -0.25) is 0 Å². The molecule has 1 saturated carbocycles. The van der Waals surface area contributed by atoms with E-state index in [-0.39, 0.29) is 12.1 Å². The molecule has 0 aliphatic heterocycles. The summed E-state index contributed by atoms with van der Waals surface area (Å²) in [5, 5.41) is 6.39. The van der Waals surface area contributed by atoms with Gasteiger partial charge in [-0.25, -0.2) is 4.79 Å². The fourth-order valence-electron chi connectivity index (χ4n) is 2.33. The predicted molar refractivity (Wildman–Crippen MR) is 78.0 cm³/mol. The van der Waals surface area contributed by atoms with Crippen molar-refractivity contribution in [1.29, 1.82) is 0 Å². The topological polar surface area (TPSA) is 67.2 Å². The molecule has 1 aliphatic carbocycles. The van der Waals surface area contributed by atoms with Crippen molar-refractivity contribution in [2.24, 2.45) is 0 Å². The van der Waals surface area contributed by atoms with Crippen LogP contribution in [0.5, 0.6) is 0 Å². The number of nitrogen functional groups attached to an aromatic ring is 1. The quantitative estimate of drug-likeness (QED) is 0.736. The number of thioether (sulfide) groups is 1. The Bertz CT molecular complexity index is 424. The molecule has 0 heterocycles. The first kappa shape index (κ1) is 13.1. The third-order valence-corrected chi connectivity index (χ3v) is 4.39. The van der Waals surface area contributed by atoms with Crippen LogP contribution in [-0.4, -0.2) is 23.6 Å². The molecule has 2 atom stereocenters. The van der Waals surface area contributed by atoms with Crippen molar-refractivity contribution in [3.63, 3.8) is 0 Å². The van der Waals surface area contributed by atoms with Crippen molar-refractivity contribution in [1.82, 2.24) is 5.32 Å². The van der Waals surface area contributed by atoms with E-state index in [1.165, 1.54) is 12.8 Å². The van der Waals surface area contributed by atoms with Gasteiger partial charge in [-0.15, -0.1) is 0 Å². The fourth-order valence-corrected chi connectivity index (χ4v) is 3.26. The Morgan fingerprint density at radius 2 is 2.28 bits per heavy atom. The maximum absolute atomic E-state index is 11.9. The van der Waals surface area contributed by atoms with Crippen molar-refractivity contribution in [2.45, 2.75) is 30.6 Å². The average Bonchev–Trinajstić information content (AvgIpc) is 2.76. The monoisotopic (exact) mass is 265 g/mol. The van der Waals surface area contributed by atoms with Gasteiger partial charge in [0.2, 0.25) is 0 Å². The van der Waals surface area contributed by atoms with Gasteiger partial charge < -0.3 is 16.4 Å². The zero-order valence-corrected chi connectivity index (χ0v) is 11.3. The lowest BCUT2D eigenvalue weighted by Gasteiger charge is -2.19. The van der Waals surface area contributed by atoms with E-state index in [2.05, 4.69) is 16.9 Å². The normalized spacial score (nSPS) is 22.7. The SMILES string of the molecule is CSC1CCCC1NC(=O)Nc1cccc(N)c1. The van der Waals surface area contributed by atoms with Gasteiger partial charge in [0.05, 0.1) is 0 Å². The summed E-state index contributed by atoms with van der Waals surface area (Å²) in [5.41, 5.74) is 7.04. The Labute approximate surface area is 112 Å². The maximum atomic E-state index is 11.9. The molecule has 2 unspecified atom stereocenters. The number of carbonyl (C=O) groups is 1. The minimum absolute atomic E-state index is 0.147. The number of hydrogen-bond donors (Lipinski definition) is 3. The van der Waals surface area contributed by atoms with Gasteiger partial charge in [-0.05, 0) is 37.3 Å². The summed E-state index contributed by atoms with van der Waals surface area (Å²) < 4.78 is 0. The predicted octanol–water partition coefficient (Wildman–Crippen LogP) is 2.67. The number of urea groups is 1. The van der Waals surface area contributed by atoms with E-state index in [1.807, 2.05) is 23.9 Å². The smallest absolute Gasteiger partial charge is 0.319 e. The lowest BCUT2D eigenvalue weighted by atomic mass is 10.2. The van der Waals surface area contributed by atoms with Crippen LogP contribution in [0.15, 0.2) is 24.3 Å². The highest BCUT2D eigenvalue weighted by atomic mass is 32.2. The van der Waals surface area contributed by atoms with Crippen molar-refractivity contribution in [3.05, 3.63) is 24.3 Å². The average molecular weight is 265 g/mol. The van der Waals surface area contributed by atoms with Crippen molar-refractivity contribution in [3.8, 4) is 0 Å². The van der Waals surface area contributed by atoms with Crippen LogP contribution in [0.3, 0.4) is 0 Å². The highest BCUT2D eigenvalue weighted by Crippen LogP contribution is 2.28. The number of hydrogen-bond acceptors (Lipinski definition) is 3. The summed E-state index contributed by atoms with van der Waals surface area (Å²) in [6.07, 6.45) is 5.54.